The second-order valence-electron chi connectivity index (χ2n) is 4.03. The number of hydrogen-bond donors (Lipinski definition) is 1. The van der Waals surface area contributed by atoms with Crippen LogP contribution in [0.1, 0.15) is 18.1 Å². The number of benzene rings is 1. The smallest absolute Gasteiger partial charge is 0.0639 e. The summed E-state index contributed by atoms with van der Waals surface area (Å²) in [7, 11) is 2.02. The minimum atomic E-state index is -0.259. The van der Waals surface area contributed by atoms with Crippen LogP contribution < -0.4 is 0 Å². The first-order valence-electron chi connectivity index (χ1n) is 5.00. The first-order chi connectivity index (χ1) is 6.58. The van der Waals surface area contributed by atoms with Gasteiger partial charge in [0.25, 0.3) is 0 Å². The van der Waals surface area contributed by atoms with Crippen LogP contribution >= 0.6 is 0 Å². The van der Waals surface area contributed by atoms with Crippen molar-refractivity contribution in [2.75, 3.05) is 13.6 Å². The third kappa shape index (κ3) is 3.90. The first kappa shape index (κ1) is 11.2. The van der Waals surface area contributed by atoms with Gasteiger partial charge in [0.15, 0.2) is 0 Å². The molecule has 78 valence electrons. The summed E-state index contributed by atoms with van der Waals surface area (Å²) < 4.78 is 0. The predicted octanol–water partition coefficient (Wildman–Crippen LogP) is 1.81. The lowest BCUT2D eigenvalue weighted by molar-refractivity contribution is 0.138. The topological polar surface area (TPSA) is 23.5 Å². The Balaban J connectivity index is 2.51. The van der Waals surface area contributed by atoms with E-state index in [4.69, 9.17) is 0 Å². The molecule has 0 aliphatic rings. The Morgan fingerprint density at radius 2 is 2.14 bits per heavy atom. The molecule has 0 saturated carbocycles. The van der Waals surface area contributed by atoms with Crippen molar-refractivity contribution >= 4 is 0 Å². The van der Waals surface area contributed by atoms with E-state index in [0.717, 1.165) is 6.54 Å². The maximum absolute atomic E-state index is 9.21. The van der Waals surface area contributed by atoms with Crippen molar-refractivity contribution < 1.29 is 5.11 Å². The van der Waals surface area contributed by atoms with Gasteiger partial charge in [0.05, 0.1) is 6.10 Å². The molecule has 0 fully saturated rings. The zero-order valence-electron chi connectivity index (χ0n) is 9.20. The van der Waals surface area contributed by atoms with Crippen LogP contribution in [0, 0.1) is 6.92 Å². The van der Waals surface area contributed by atoms with Gasteiger partial charge in [-0.05, 0) is 26.5 Å². The molecule has 1 N–H and O–H groups in total. The van der Waals surface area contributed by atoms with Crippen molar-refractivity contribution in [1.82, 2.24) is 4.90 Å². The van der Waals surface area contributed by atoms with E-state index in [9.17, 15) is 5.11 Å². The summed E-state index contributed by atoms with van der Waals surface area (Å²) in [6, 6.07) is 8.46. The first-order valence-corrected chi connectivity index (χ1v) is 5.00. The number of aryl methyl sites for hydroxylation is 1. The van der Waals surface area contributed by atoms with Crippen molar-refractivity contribution in [1.29, 1.82) is 0 Å². The van der Waals surface area contributed by atoms with E-state index < -0.39 is 0 Å². The van der Waals surface area contributed by atoms with E-state index in [2.05, 4.69) is 36.1 Å². The molecule has 0 saturated heterocycles. The summed E-state index contributed by atoms with van der Waals surface area (Å²) in [5, 5.41) is 9.21. The Labute approximate surface area is 86.2 Å². The van der Waals surface area contributed by atoms with Crippen LogP contribution in [0.5, 0.6) is 0 Å². The number of aliphatic hydroxyl groups excluding tert-OH is 1. The van der Waals surface area contributed by atoms with Gasteiger partial charge in [-0.1, -0.05) is 29.8 Å². The maximum atomic E-state index is 9.21. The molecular formula is C12H19NO. The van der Waals surface area contributed by atoms with E-state index in [1.807, 2.05) is 14.0 Å². The molecule has 0 radical (unpaired) electrons. The molecule has 0 aromatic heterocycles. The van der Waals surface area contributed by atoms with Crippen LogP contribution in [-0.4, -0.2) is 29.7 Å². The van der Waals surface area contributed by atoms with Crippen molar-refractivity contribution in [2.24, 2.45) is 0 Å². The molecule has 0 heterocycles. The average molecular weight is 193 g/mol. The van der Waals surface area contributed by atoms with Crippen LogP contribution in [0.2, 0.25) is 0 Å². The normalized spacial score (nSPS) is 13.2. The average Bonchev–Trinajstić information content (AvgIpc) is 2.01. The molecule has 1 unspecified atom stereocenters. The van der Waals surface area contributed by atoms with Gasteiger partial charge in [0.1, 0.15) is 0 Å². The molecule has 1 rings (SSSR count). The molecule has 2 nitrogen and oxygen atoms in total. The number of rotatable bonds is 4. The molecule has 1 aromatic rings. The minimum Gasteiger partial charge on any atom is -0.392 e. The Kier molecular flexibility index (Phi) is 4.11. The Morgan fingerprint density at radius 1 is 1.43 bits per heavy atom. The van der Waals surface area contributed by atoms with Gasteiger partial charge >= 0.3 is 0 Å². The summed E-state index contributed by atoms with van der Waals surface area (Å²) in [5.41, 5.74) is 2.58. The number of likely N-dealkylation sites (N-methyl/N-ethyl adjacent to an activating group) is 1. The number of aliphatic hydroxyl groups is 1. The lowest BCUT2D eigenvalue weighted by Gasteiger charge is -2.18. The van der Waals surface area contributed by atoms with Gasteiger partial charge in [-0.3, -0.25) is 4.90 Å². The fraction of sp³-hybridized carbons (Fsp3) is 0.500. The molecular weight excluding hydrogens is 174 g/mol. The standard InChI is InChI=1S/C12H19NO/c1-10-5-4-6-12(7-10)9-13(3)8-11(2)14/h4-7,11,14H,8-9H2,1-3H3. The second kappa shape index (κ2) is 5.13. The number of nitrogens with zero attached hydrogens (tertiary/aromatic N) is 1. The van der Waals surface area contributed by atoms with Gasteiger partial charge in [-0.2, -0.15) is 0 Å². The van der Waals surface area contributed by atoms with Crippen molar-refractivity contribution in [2.45, 2.75) is 26.5 Å². The van der Waals surface area contributed by atoms with Gasteiger partial charge in [-0.25, -0.2) is 0 Å². The highest BCUT2D eigenvalue weighted by molar-refractivity contribution is 5.21. The van der Waals surface area contributed by atoms with E-state index in [1.165, 1.54) is 11.1 Å². The third-order valence-electron chi connectivity index (χ3n) is 2.11. The zero-order chi connectivity index (χ0) is 10.6. The maximum Gasteiger partial charge on any atom is 0.0639 e. The lowest BCUT2D eigenvalue weighted by Crippen LogP contribution is -2.26. The van der Waals surface area contributed by atoms with E-state index in [-0.39, 0.29) is 6.10 Å². The van der Waals surface area contributed by atoms with Crippen LogP contribution in [-0.2, 0) is 6.54 Å². The highest BCUT2D eigenvalue weighted by atomic mass is 16.3. The summed E-state index contributed by atoms with van der Waals surface area (Å²) >= 11 is 0. The number of hydrogen-bond acceptors (Lipinski definition) is 2. The van der Waals surface area contributed by atoms with Gasteiger partial charge in [0, 0.05) is 13.1 Å². The lowest BCUT2D eigenvalue weighted by atomic mass is 10.1. The zero-order valence-corrected chi connectivity index (χ0v) is 9.20. The van der Waals surface area contributed by atoms with Crippen LogP contribution in [0.25, 0.3) is 0 Å². The largest absolute Gasteiger partial charge is 0.392 e. The summed E-state index contributed by atoms with van der Waals surface area (Å²) in [5.74, 6) is 0. The molecule has 1 aromatic carbocycles. The fourth-order valence-electron chi connectivity index (χ4n) is 1.64. The Hall–Kier alpha value is -0.860. The molecule has 0 bridgehead atoms. The molecule has 0 spiro atoms. The summed E-state index contributed by atoms with van der Waals surface area (Å²) in [6.07, 6.45) is -0.259. The molecule has 0 aliphatic carbocycles. The van der Waals surface area contributed by atoms with Crippen LogP contribution in [0.3, 0.4) is 0 Å². The molecule has 1 atom stereocenters. The predicted molar refractivity (Wildman–Crippen MR) is 59.2 cm³/mol. The monoisotopic (exact) mass is 193 g/mol. The molecule has 0 aliphatic heterocycles. The molecule has 2 heteroatoms. The minimum absolute atomic E-state index is 0.259. The van der Waals surface area contributed by atoms with E-state index in [0.29, 0.717) is 6.54 Å². The highest BCUT2D eigenvalue weighted by Crippen LogP contribution is 2.06. The summed E-state index contributed by atoms with van der Waals surface area (Å²) in [6.45, 7) is 5.52. The SMILES string of the molecule is Cc1cccc(CN(C)CC(C)O)c1. The van der Waals surface area contributed by atoms with Crippen LogP contribution in [0.15, 0.2) is 24.3 Å². The van der Waals surface area contributed by atoms with Gasteiger partial charge < -0.3 is 5.11 Å². The fourth-order valence-corrected chi connectivity index (χ4v) is 1.64. The Bertz CT molecular complexity index is 283. The Morgan fingerprint density at radius 3 is 2.71 bits per heavy atom. The van der Waals surface area contributed by atoms with Gasteiger partial charge in [-0.15, -0.1) is 0 Å². The summed E-state index contributed by atoms with van der Waals surface area (Å²) in [4.78, 5) is 2.12. The molecule has 14 heavy (non-hydrogen) atoms. The van der Waals surface area contributed by atoms with E-state index >= 15 is 0 Å². The van der Waals surface area contributed by atoms with E-state index in [1.54, 1.807) is 0 Å². The van der Waals surface area contributed by atoms with Crippen molar-refractivity contribution in [3.05, 3.63) is 35.4 Å². The van der Waals surface area contributed by atoms with Crippen molar-refractivity contribution in [3.8, 4) is 0 Å². The quantitative estimate of drug-likeness (QED) is 0.788. The van der Waals surface area contributed by atoms with Crippen molar-refractivity contribution in [3.63, 3.8) is 0 Å². The van der Waals surface area contributed by atoms with Gasteiger partial charge in [0.2, 0.25) is 0 Å². The third-order valence-corrected chi connectivity index (χ3v) is 2.11. The second-order valence-corrected chi connectivity index (χ2v) is 4.03. The molecule has 0 amide bonds. The van der Waals surface area contributed by atoms with Crippen LogP contribution in [0.4, 0.5) is 0 Å². The highest BCUT2D eigenvalue weighted by Gasteiger charge is 2.03.